The van der Waals surface area contributed by atoms with Crippen molar-refractivity contribution in [2.24, 2.45) is 35.4 Å². The van der Waals surface area contributed by atoms with Gasteiger partial charge in [0.1, 0.15) is 17.2 Å². The number of hydrogen-bond donors (Lipinski definition) is 4. The number of aryl methyl sites for hydroxylation is 2. The number of guanidine groups is 1. The highest BCUT2D eigenvalue weighted by atomic mass is 32.2. The van der Waals surface area contributed by atoms with Crippen molar-refractivity contribution >= 4 is 136 Å². The average Bonchev–Trinajstić information content (AvgIpc) is 3.88. The molecule has 0 fully saturated rings. The van der Waals surface area contributed by atoms with Crippen LogP contribution in [0.4, 0.5) is 44.4 Å². The van der Waals surface area contributed by atoms with E-state index >= 15 is 0 Å². The maximum absolute atomic E-state index is 12.0. The third kappa shape index (κ3) is 12.2. The minimum Gasteiger partial charge on any atom is -0.396 e. The highest BCUT2D eigenvalue weighted by molar-refractivity contribution is 8.14. The summed E-state index contributed by atoms with van der Waals surface area (Å²) in [5.41, 5.74) is 5.20. The number of aliphatic hydroxyl groups excluding tert-OH is 1. The minimum atomic E-state index is -4.46. The molecule has 0 saturated heterocycles. The predicted molar refractivity (Wildman–Crippen MR) is 276 cm³/mol. The van der Waals surface area contributed by atoms with Crippen LogP contribution >= 0.6 is 34.4 Å². The van der Waals surface area contributed by atoms with Crippen LogP contribution in [0.25, 0.3) is 20.4 Å². The largest absolute Gasteiger partial charge is 0.396 e. The number of fused-ring (bicyclic) bond motifs is 2. The predicted octanol–water partition coefficient (Wildman–Crippen LogP) is 11.3. The maximum atomic E-state index is 12.0. The number of aliphatic hydroxyl groups is 1. The molecule has 7 rings (SSSR count). The van der Waals surface area contributed by atoms with E-state index in [0.29, 0.717) is 85.2 Å². The van der Waals surface area contributed by atoms with E-state index in [0.717, 1.165) is 42.6 Å². The number of aromatic nitrogens is 2. The highest BCUT2D eigenvalue weighted by Crippen LogP contribution is 2.39. The van der Waals surface area contributed by atoms with Crippen molar-refractivity contribution in [1.29, 1.82) is 0 Å². The van der Waals surface area contributed by atoms with Gasteiger partial charge < -0.3 is 20.2 Å². The molecular weight excluding hydrogens is 969 g/mol. The molecule has 0 unspecified atom stereocenters. The number of azo groups is 2. The summed E-state index contributed by atoms with van der Waals surface area (Å²) in [6, 6.07) is 17.3. The highest BCUT2D eigenvalue weighted by Gasteiger charge is 2.20. The Bertz CT molecular complexity index is 3230. The molecule has 1 aliphatic rings. The second-order valence-corrected chi connectivity index (χ2v) is 21.2. The van der Waals surface area contributed by atoms with Crippen LogP contribution in [0.15, 0.2) is 106 Å². The molecule has 68 heavy (non-hydrogen) atoms. The van der Waals surface area contributed by atoms with Crippen LogP contribution in [0.1, 0.15) is 58.1 Å². The van der Waals surface area contributed by atoms with Gasteiger partial charge in [-0.25, -0.2) is 20.0 Å². The van der Waals surface area contributed by atoms with E-state index < -0.39 is 20.2 Å². The molecule has 0 atom stereocenters. The van der Waals surface area contributed by atoms with Crippen LogP contribution < -0.4 is 15.1 Å². The lowest BCUT2D eigenvalue weighted by molar-refractivity contribution is 0.323. The Morgan fingerprint density at radius 2 is 1.21 bits per heavy atom. The fourth-order valence-corrected chi connectivity index (χ4v) is 11.3. The number of thioether (sulfide) groups is 1. The molecule has 3 heterocycles. The zero-order chi connectivity index (χ0) is 48.8. The number of aliphatic imine (C=N–C) groups is 3. The average molecular weight is 1020 g/mol. The molecule has 1 aliphatic heterocycles. The van der Waals surface area contributed by atoms with E-state index in [1.165, 1.54) is 46.6 Å². The second-order valence-electron chi connectivity index (χ2n) is 15.3. The fourth-order valence-electron chi connectivity index (χ4n) is 7.34. The quantitative estimate of drug-likeness (QED) is 0.0520. The van der Waals surface area contributed by atoms with Gasteiger partial charge in [0.05, 0.1) is 53.2 Å². The SMILES string of the molecule is CCN(CC)c1ccc(N=Nc2nc3cc(S(=O)(=O)O)c(C)cc3s2)c(N=C2N=C(Nc3cc(N(CC)CC)ccc3N=Nc3nc4cc(S(=O)(=O)O)c(C)cc4s3)CCCC(SCCO)=N2)c1. The van der Waals surface area contributed by atoms with Gasteiger partial charge in [0.15, 0.2) is 0 Å². The summed E-state index contributed by atoms with van der Waals surface area (Å²) in [6.45, 7) is 14.4. The first-order valence-electron chi connectivity index (χ1n) is 21.6. The van der Waals surface area contributed by atoms with Gasteiger partial charge in [-0.2, -0.15) is 21.8 Å². The summed E-state index contributed by atoms with van der Waals surface area (Å²) in [5.74, 6) is 1.12. The first-order valence-corrected chi connectivity index (χ1v) is 27.1. The molecule has 4 N–H and O–H groups in total. The third-order valence-corrected chi connectivity index (χ3v) is 15.5. The van der Waals surface area contributed by atoms with Crippen LogP contribution in [0.3, 0.4) is 0 Å². The molecule has 0 aliphatic carbocycles. The van der Waals surface area contributed by atoms with Crippen LogP contribution in [0, 0.1) is 13.8 Å². The topological polar surface area (TPSA) is 260 Å². The monoisotopic (exact) mass is 1020 g/mol. The maximum Gasteiger partial charge on any atom is 0.294 e. The summed E-state index contributed by atoms with van der Waals surface area (Å²) in [7, 11) is -8.90. The van der Waals surface area contributed by atoms with Gasteiger partial charge in [-0.1, -0.05) is 22.7 Å². The van der Waals surface area contributed by atoms with Crippen molar-refractivity contribution in [3.05, 3.63) is 71.8 Å². The number of nitrogens with zero attached hydrogens (tertiary/aromatic N) is 11. The van der Waals surface area contributed by atoms with E-state index in [-0.39, 0.29) is 32.6 Å². The summed E-state index contributed by atoms with van der Waals surface area (Å²) in [5, 5.41) is 32.6. The lowest BCUT2D eigenvalue weighted by atomic mass is 10.2. The summed E-state index contributed by atoms with van der Waals surface area (Å²) < 4.78 is 68.7. The normalized spacial score (nSPS) is 14.5. The van der Waals surface area contributed by atoms with E-state index in [4.69, 9.17) is 15.0 Å². The van der Waals surface area contributed by atoms with Crippen LogP contribution in [-0.4, -0.2) is 96.4 Å². The molecule has 2 aromatic heterocycles. The first kappa shape index (κ1) is 50.3. The Kier molecular flexibility index (Phi) is 16.1. The number of nitrogens with one attached hydrogen (secondary N) is 1. The zero-order valence-corrected chi connectivity index (χ0v) is 42.2. The molecule has 0 saturated carbocycles. The third-order valence-electron chi connectivity index (χ3n) is 10.7. The molecule has 6 aromatic rings. The number of amidine groups is 1. The minimum absolute atomic E-state index is 0.0341. The smallest absolute Gasteiger partial charge is 0.294 e. The molecule has 4 aromatic carbocycles. The van der Waals surface area contributed by atoms with Gasteiger partial charge in [-0.15, -0.1) is 32.2 Å². The molecule has 24 heteroatoms. The lowest BCUT2D eigenvalue weighted by Crippen LogP contribution is -2.22. The number of rotatable bonds is 16. The van der Waals surface area contributed by atoms with Crippen molar-refractivity contribution in [2.75, 3.05) is 53.7 Å². The van der Waals surface area contributed by atoms with Gasteiger partial charge >= 0.3 is 0 Å². The number of anilines is 3. The Morgan fingerprint density at radius 3 is 1.74 bits per heavy atom. The summed E-state index contributed by atoms with van der Waals surface area (Å²) >= 11 is 3.88. The fraction of sp³-hybridized carbons (Fsp3) is 0.341. The van der Waals surface area contributed by atoms with Crippen molar-refractivity contribution in [2.45, 2.75) is 70.6 Å². The second kappa shape index (κ2) is 21.8. The zero-order valence-electron chi connectivity index (χ0n) is 38.1. The lowest BCUT2D eigenvalue weighted by Gasteiger charge is -2.23. The van der Waals surface area contributed by atoms with Crippen LogP contribution in [0.5, 0.6) is 0 Å². The Labute approximate surface area is 406 Å². The molecule has 0 spiro atoms. The van der Waals surface area contributed by atoms with Crippen LogP contribution in [0.2, 0.25) is 0 Å². The Hall–Kier alpha value is -5.60. The van der Waals surface area contributed by atoms with E-state index in [1.807, 2.05) is 30.3 Å². The Morgan fingerprint density at radius 1 is 0.676 bits per heavy atom. The van der Waals surface area contributed by atoms with Crippen molar-refractivity contribution in [3.8, 4) is 0 Å². The Balaban J connectivity index is 1.30. The van der Waals surface area contributed by atoms with E-state index in [2.05, 4.69) is 73.2 Å². The molecule has 0 bridgehead atoms. The molecular formula is C44H50N12O7S5. The van der Waals surface area contributed by atoms with E-state index in [9.17, 15) is 31.0 Å². The van der Waals surface area contributed by atoms with Gasteiger partial charge in [-0.3, -0.25) is 9.11 Å². The van der Waals surface area contributed by atoms with Gasteiger partial charge in [0.25, 0.3) is 26.2 Å². The number of benzene rings is 4. The standard InChI is InChI=1S/C44H50N12O7S5/c1-7-55(8-2)28-14-16-30(51-53-43-47-34-24-38(67(58,59)60)26(5)20-36(34)65-43)32(22-28)45-40-12-11-13-41(64-19-18-57)50-42(49-40)46-33-23-29(56(9-3)10-4)15-17-31(33)52-54-44-48-35-25-39(68(61,62)63)27(6)21-37(35)66-44/h14-17,20-25,57H,7-13,18-19H2,1-6H3,(H,45,46,49)(H,58,59,60)(H,61,62,63). The van der Waals surface area contributed by atoms with Crippen molar-refractivity contribution < 1.29 is 31.0 Å². The summed E-state index contributed by atoms with van der Waals surface area (Å²) in [4.78, 5) is 27.9. The first-order chi connectivity index (χ1) is 32.5. The van der Waals surface area contributed by atoms with Gasteiger partial charge in [-0.05, 0) is 126 Å². The van der Waals surface area contributed by atoms with Crippen molar-refractivity contribution in [3.63, 3.8) is 0 Å². The number of thiazole rings is 2. The molecule has 0 radical (unpaired) electrons. The molecule has 0 amide bonds. The van der Waals surface area contributed by atoms with Gasteiger partial charge in [0, 0.05) is 49.7 Å². The molecule has 19 nitrogen and oxygen atoms in total. The molecule has 358 valence electrons. The van der Waals surface area contributed by atoms with Gasteiger partial charge in [0.2, 0.25) is 10.3 Å². The van der Waals surface area contributed by atoms with E-state index in [1.54, 1.807) is 32.0 Å². The number of hydrogen-bond acceptors (Lipinski definition) is 18. The summed E-state index contributed by atoms with van der Waals surface area (Å²) in [6.07, 6.45) is 1.78. The van der Waals surface area contributed by atoms with Crippen LogP contribution in [-0.2, 0) is 20.2 Å². The van der Waals surface area contributed by atoms with Crippen molar-refractivity contribution in [1.82, 2.24) is 9.97 Å².